The lowest BCUT2D eigenvalue weighted by Crippen LogP contribution is -2.56. The molecule has 1 fully saturated rings. The number of rotatable bonds is 7. The summed E-state index contributed by atoms with van der Waals surface area (Å²) in [6.07, 6.45) is 4.02. The fourth-order valence-corrected chi connectivity index (χ4v) is 8.78. The Morgan fingerprint density at radius 2 is 1.18 bits per heavy atom. The number of phenolic OH excluding ortho intramolecular Hbond substituents is 1. The molecular formula is C47H42N2O2. The summed E-state index contributed by atoms with van der Waals surface area (Å²) in [6.45, 7) is 0. The molecular weight excluding hydrogens is 625 g/mol. The smallest absolute Gasteiger partial charge is 0.180 e. The Bertz CT molecular complexity index is 2270. The van der Waals surface area contributed by atoms with Gasteiger partial charge < -0.3 is 15.2 Å². The number of benzene rings is 7. The number of aromatic hydroxyl groups is 1. The van der Waals surface area contributed by atoms with Gasteiger partial charge >= 0.3 is 0 Å². The fourth-order valence-electron chi connectivity index (χ4n) is 8.78. The molecule has 4 heteroatoms. The van der Waals surface area contributed by atoms with Crippen molar-refractivity contribution in [3.05, 3.63) is 192 Å². The Hall–Kier alpha value is -5.42. The summed E-state index contributed by atoms with van der Waals surface area (Å²) in [5.41, 5.74) is 5.69. The molecule has 1 heterocycles. The van der Waals surface area contributed by atoms with Crippen LogP contribution in [0.2, 0.25) is 0 Å². The largest absolute Gasteiger partial charge is 0.508 e. The molecule has 252 valence electrons. The predicted octanol–water partition coefficient (Wildman–Crippen LogP) is 10.9. The van der Waals surface area contributed by atoms with Crippen LogP contribution in [0.5, 0.6) is 11.5 Å². The molecule has 0 saturated heterocycles. The Morgan fingerprint density at radius 3 is 1.92 bits per heavy atom. The van der Waals surface area contributed by atoms with E-state index in [0.29, 0.717) is 5.75 Å². The van der Waals surface area contributed by atoms with E-state index >= 15 is 0 Å². The number of fused-ring (bicyclic) bond motifs is 4. The summed E-state index contributed by atoms with van der Waals surface area (Å²) in [6, 6.07) is 57.7. The average molecular weight is 667 g/mol. The van der Waals surface area contributed by atoms with Crippen LogP contribution in [0.15, 0.2) is 164 Å². The predicted molar refractivity (Wildman–Crippen MR) is 207 cm³/mol. The van der Waals surface area contributed by atoms with Crippen LogP contribution in [0.25, 0.3) is 21.5 Å². The number of nitrogens with one attached hydrogen (secondary N) is 1. The van der Waals surface area contributed by atoms with E-state index in [1.165, 1.54) is 21.9 Å². The second-order valence-electron chi connectivity index (χ2n) is 14.0. The standard InChI is InChI=1S/C47H42N2O2/c50-41-30-28-32-16-10-12-24-37(32)43(41)45(34-18-4-1-5-19-34)48-39-26-14-15-27-40(39)49-46(35-20-6-2-7-21-35)44-38-25-13-11-17-33(38)29-31-42(44)51-47(49)36-22-8-3-9-23-36/h1-13,16-25,28-31,39-40,45-48,50H,14-15,26-27H2. The summed E-state index contributed by atoms with van der Waals surface area (Å²) in [5, 5.41) is 20.4. The Labute approximate surface area is 300 Å². The second kappa shape index (κ2) is 13.7. The quantitative estimate of drug-likeness (QED) is 0.178. The topological polar surface area (TPSA) is 44.7 Å². The summed E-state index contributed by atoms with van der Waals surface area (Å²) >= 11 is 0. The van der Waals surface area contributed by atoms with Crippen molar-refractivity contribution in [1.82, 2.24) is 10.2 Å². The lowest BCUT2D eigenvalue weighted by molar-refractivity contribution is -0.0673. The molecule has 51 heavy (non-hydrogen) atoms. The van der Waals surface area contributed by atoms with Gasteiger partial charge in [-0.3, -0.25) is 0 Å². The maximum Gasteiger partial charge on any atom is 0.180 e. The highest BCUT2D eigenvalue weighted by Crippen LogP contribution is 2.51. The molecule has 0 radical (unpaired) electrons. The zero-order valence-corrected chi connectivity index (χ0v) is 28.6. The van der Waals surface area contributed by atoms with E-state index in [0.717, 1.165) is 58.9 Å². The Balaban J connectivity index is 1.23. The molecule has 1 aliphatic heterocycles. The third-order valence-electron chi connectivity index (χ3n) is 11.1. The molecule has 5 unspecified atom stereocenters. The Kier molecular flexibility index (Phi) is 8.48. The molecule has 0 spiro atoms. The first-order valence-corrected chi connectivity index (χ1v) is 18.3. The number of phenols is 1. The van der Waals surface area contributed by atoms with Gasteiger partial charge in [0.1, 0.15) is 11.5 Å². The first-order chi connectivity index (χ1) is 25.2. The van der Waals surface area contributed by atoms with Crippen molar-refractivity contribution in [1.29, 1.82) is 0 Å². The third-order valence-corrected chi connectivity index (χ3v) is 11.1. The Morgan fingerprint density at radius 1 is 0.588 bits per heavy atom. The van der Waals surface area contributed by atoms with E-state index in [2.05, 4.69) is 162 Å². The minimum Gasteiger partial charge on any atom is -0.508 e. The highest BCUT2D eigenvalue weighted by atomic mass is 16.5. The van der Waals surface area contributed by atoms with Gasteiger partial charge in [-0.25, -0.2) is 4.90 Å². The fraction of sp³-hybridized carbons (Fsp3) is 0.191. The number of nitrogens with zero attached hydrogens (tertiary/aromatic N) is 1. The molecule has 2 N–H and O–H groups in total. The minimum atomic E-state index is -0.293. The van der Waals surface area contributed by atoms with Gasteiger partial charge in [-0.2, -0.15) is 0 Å². The van der Waals surface area contributed by atoms with Crippen molar-refractivity contribution in [3.63, 3.8) is 0 Å². The van der Waals surface area contributed by atoms with Crippen LogP contribution >= 0.6 is 0 Å². The SMILES string of the molecule is Oc1ccc2ccccc2c1C(NC1CCCCC1N1C(c2ccccc2)Oc2ccc3ccccc3c2C1c1ccccc1)c1ccccc1. The van der Waals surface area contributed by atoms with E-state index in [1.807, 2.05) is 12.1 Å². The molecule has 4 nitrogen and oxygen atoms in total. The van der Waals surface area contributed by atoms with Gasteiger partial charge in [0.05, 0.1) is 12.1 Å². The highest BCUT2D eigenvalue weighted by molar-refractivity contribution is 5.90. The van der Waals surface area contributed by atoms with Crippen molar-refractivity contribution in [2.24, 2.45) is 0 Å². The van der Waals surface area contributed by atoms with Crippen molar-refractivity contribution in [3.8, 4) is 11.5 Å². The number of ether oxygens (including phenoxy) is 1. The highest BCUT2D eigenvalue weighted by Gasteiger charge is 2.46. The van der Waals surface area contributed by atoms with Gasteiger partial charge in [0.25, 0.3) is 0 Å². The van der Waals surface area contributed by atoms with Crippen LogP contribution in [-0.4, -0.2) is 22.1 Å². The van der Waals surface area contributed by atoms with Gasteiger partial charge in [0.15, 0.2) is 6.23 Å². The van der Waals surface area contributed by atoms with E-state index in [4.69, 9.17) is 4.74 Å². The van der Waals surface area contributed by atoms with Crippen LogP contribution in [0, 0.1) is 0 Å². The molecule has 0 amide bonds. The van der Waals surface area contributed by atoms with Crippen molar-refractivity contribution in [2.45, 2.75) is 56.1 Å². The lowest BCUT2D eigenvalue weighted by atomic mass is 9.82. The number of hydrogen-bond acceptors (Lipinski definition) is 4. The molecule has 9 rings (SSSR count). The summed E-state index contributed by atoms with van der Waals surface area (Å²) in [5.74, 6) is 1.25. The molecule has 1 saturated carbocycles. The maximum atomic E-state index is 11.6. The van der Waals surface area contributed by atoms with Crippen LogP contribution in [0.1, 0.15) is 71.8 Å². The van der Waals surface area contributed by atoms with Crippen LogP contribution in [0.4, 0.5) is 0 Å². The van der Waals surface area contributed by atoms with Crippen LogP contribution in [-0.2, 0) is 0 Å². The third kappa shape index (κ3) is 5.85. The summed E-state index contributed by atoms with van der Waals surface area (Å²) < 4.78 is 7.20. The van der Waals surface area contributed by atoms with Gasteiger partial charge in [-0.15, -0.1) is 0 Å². The van der Waals surface area contributed by atoms with Crippen molar-refractivity contribution < 1.29 is 9.84 Å². The monoisotopic (exact) mass is 666 g/mol. The molecule has 7 aromatic carbocycles. The van der Waals surface area contributed by atoms with Gasteiger partial charge in [0, 0.05) is 28.8 Å². The normalized spacial score (nSPS) is 21.2. The van der Waals surface area contributed by atoms with Crippen molar-refractivity contribution in [2.75, 3.05) is 0 Å². The first kappa shape index (κ1) is 31.6. The molecule has 5 atom stereocenters. The summed E-state index contributed by atoms with van der Waals surface area (Å²) in [7, 11) is 0. The first-order valence-electron chi connectivity index (χ1n) is 18.3. The molecule has 0 bridgehead atoms. The zero-order chi connectivity index (χ0) is 34.1. The average Bonchev–Trinajstić information content (AvgIpc) is 3.20. The van der Waals surface area contributed by atoms with E-state index in [9.17, 15) is 5.11 Å². The van der Waals surface area contributed by atoms with Gasteiger partial charge in [0.2, 0.25) is 0 Å². The minimum absolute atomic E-state index is 0.0419. The van der Waals surface area contributed by atoms with Crippen LogP contribution < -0.4 is 10.1 Å². The lowest BCUT2D eigenvalue weighted by Gasteiger charge is -2.51. The molecule has 0 aromatic heterocycles. The zero-order valence-electron chi connectivity index (χ0n) is 28.6. The van der Waals surface area contributed by atoms with E-state index in [1.54, 1.807) is 0 Å². The van der Waals surface area contributed by atoms with Crippen LogP contribution in [0.3, 0.4) is 0 Å². The number of hydrogen-bond donors (Lipinski definition) is 2. The van der Waals surface area contributed by atoms with E-state index < -0.39 is 0 Å². The van der Waals surface area contributed by atoms with Crippen molar-refractivity contribution >= 4 is 21.5 Å². The molecule has 2 aliphatic rings. The second-order valence-corrected chi connectivity index (χ2v) is 14.0. The molecule has 1 aliphatic carbocycles. The van der Waals surface area contributed by atoms with Gasteiger partial charge in [-0.1, -0.05) is 165 Å². The summed E-state index contributed by atoms with van der Waals surface area (Å²) in [4.78, 5) is 2.68. The van der Waals surface area contributed by atoms with E-state index in [-0.39, 0.29) is 30.4 Å². The maximum absolute atomic E-state index is 11.6. The molecule has 7 aromatic rings. The van der Waals surface area contributed by atoms with Gasteiger partial charge in [-0.05, 0) is 57.6 Å².